The molecule has 0 saturated heterocycles. The molecule has 0 amide bonds. The van der Waals surface area contributed by atoms with Gasteiger partial charge in [0.2, 0.25) is 0 Å². The third-order valence-corrected chi connectivity index (χ3v) is 3.55. The summed E-state index contributed by atoms with van der Waals surface area (Å²) in [4.78, 5) is 4.59. The molecule has 0 N–H and O–H groups in total. The molecule has 100 valence electrons. The van der Waals surface area contributed by atoms with Gasteiger partial charge in [0.1, 0.15) is 0 Å². The van der Waals surface area contributed by atoms with Gasteiger partial charge >= 0.3 is 0 Å². The smallest absolute Gasteiger partial charge is 0.162 e. The van der Waals surface area contributed by atoms with Crippen LogP contribution in [0.25, 0.3) is 27.9 Å². The van der Waals surface area contributed by atoms with Crippen LogP contribution in [0.3, 0.4) is 0 Å². The molecule has 0 bridgehead atoms. The number of aromatic nitrogens is 3. The van der Waals surface area contributed by atoms with Crippen molar-refractivity contribution in [2.45, 2.75) is 0 Å². The summed E-state index contributed by atoms with van der Waals surface area (Å²) in [5.74, 6) is 0. The molecule has 21 heavy (non-hydrogen) atoms. The molecular weight excluding hydrogens is 258 g/mol. The van der Waals surface area contributed by atoms with E-state index in [1.165, 1.54) is 0 Å². The minimum Gasteiger partial charge on any atom is -0.236 e. The highest BCUT2D eigenvalue weighted by Crippen LogP contribution is 2.25. The molecule has 4 aromatic rings. The molecule has 2 aromatic carbocycles. The van der Waals surface area contributed by atoms with Gasteiger partial charge < -0.3 is 0 Å². The summed E-state index contributed by atoms with van der Waals surface area (Å²) >= 11 is 0. The van der Waals surface area contributed by atoms with Gasteiger partial charge in [-0.1, -0.05) is 60.7 Å². The molecule has 3 heteroatoms. The van der Waals surface area contributed by atoms with Crippen molar-refractivity contribution in [1.82, 2.24) is 14.6 Å². The second kappa shape index (κ2) is 4.87. The quantitative estimate of drug-likeness (QED) is 0.550. The molecule has 0 radical (unpaired) electrons. The fourth-order valence-corrected chi connectivity index (χ4v) is 2.48. The van der Waals surface area contributed by atoms with Crippen LogP contribution >= 0.6 is 0 Å². The van der Waals surface area contributed by atoms with Crippen LogP contribution in [-0.4, -0.2) is 14.6 Å². The Morgan fingerprint density at radius 1 is 0.667 bits per heavy atom. The predicted molar refractivity (Wildman–Crippen MR) is 83.9 cm³/mol. The van der Waals surface area contributed by atoms with Gasteiger partial charge in [0, 0.05) is 23.5 Å². The normalized spacial score (nSPS) is 10.9. The number of hydrogen-bond acceptors (Lipinski definition) is 2. The summed E-state index contributed by atoms with van der Waals surface area (Å²) in [5.41, 5.74) is 5.26. The Kier molecular flexibility index (Phi) is 2.75. The van der Waals surface area contributed by atoms with Gasteiger partial charge in [-0.2, -0.15) is 5.10 Å². The Hall–Kier alpha value is -2.94. The lowest BCUT2D eigenvalue weighted by molar-refractivity contribution is 0.941. The molecule has 2 aromatic heterocycles. The van der Waals surface area contributed by atoms with Gasteiger partial charge in [-0.25, -0.2) is 9.50 Å². The molecule has 0 aliphatic carbocycles. The van der Waals surface area contributed by atoms with Crippen LogP contribution in [-0.2, 0) is 0 Å². The van der Waals surface area contributed by atoms with Crippen LogP contribution in [0, 0.1) is 0 Å². The van der Waals surface area contributed by atoms with Gasteiger partial charge in [0.15, 0.2) is 5.65 Å². The van der Waals surface area contributed by atoms with Crippen molar-refractivity contribution in [1.29, 1.82) is 0 Å². The summed E-state index contributed by atoms with van der Waals surface area (Å²) in [6.45, 7) is 0. The van der Waals surface area contributed by atoms with Crippen LogP contribution < -0.4 is 0 Å². The largest absolute Gasteiger partial charge is 0.236 e. The van der Waals surface area contributed by atoms with E-state index in [1.54, 1.807) is 0 Å². The molecule has 4 rings (SSSR count). The molecule has 0 spiro atoms. The van der Waals surface area contributed by atoms with E-state index < -0.39 is 0 Å². The number of nitrogens with zero attached hydrogens (tertiary/aromatic N) is 3. The van der Waals surface area contributed by atoms with Gasteiger partial charge in [-0.05, 0) is 11.1 Å². The maximum Gasteiger partial charge on any atom is 0.162 e. The highest BCUT2D eigenvalue weighted by atomic mass is 15.2. The first-order chi connectivity index (χ1) is 10.4. The van der Waals surface area contributed by atoms with Gasteiger partial charge in [-0.3, -0.25) is 0 Å². The lowest BCUT2D eigenvalue weighted by atomic mass is 10.1. The minimum absolute atomic E-state index is 0.876. The Balaban J connectivity index is 1.85. The Labute approximate surface area is 122 Å². The highest BCUT2D eigenvalue weighted by molar-refractivity contribution is 5.77. The van der Waals surface area contributed by atoms with E-state index in [1.807, 2.05) is 59.5 Å². The van der Waals surface area contributed by atoms with E-state index in [-0.39, 0.29) is 0 Å². The van der Waals surface area contributed by atoms with Crippen molar-refractivity contribution in [2.75, 3.05) is 0 Å². The van der Waals surface area contributed by atoms with Gasteiger partial charge in [0.05, 0.1) is 6.20 Å². The minimum atomic E-state index is 0.876. The Morgan fingerprint density at radius 2 is 1.33 bits per heavy atom. The zero-order valence-electron chi connectivity index (χ0n) is 11.3. The molecular formula is C18H13N3. The number of rotatable bonds is 2. The van der Waals surface area contributed by atoms with E-state index in [0.717, 1.165) is 27.9 Å². The molecule has 2 heterocycles. The summed E-state index contributed by atoms with van der Waals surface area (Å²) in [5, 5.41) is 4.44. The van der Waals surface area contributed by atoms with Crippen molar-refractivity contribution in [2.24, 2.45) is 0 Å². The van der Waals surface area contributed by atoms with Crippen molar-refractivity contribution in [3.05, 3.63) is 79.3 Å². The third-order valence-electron chi connectivity index (χ3n) is 3.55. The van der Waals surface area contributed by atoms with E-state index in [0.29, 0.717) is 0 Å². The van der Waals surface area contributed by atoms with Crippen molar-refractivity contribution >= 4 is 5.65 Å². The predicted octanol–water partition coefficient (Wildman–Crippen LogP) is 4.06. The van der Waals surface area contributed by atoms with Gasteiger partial charge in [-0.15, -0.1) is 0 Å². The molecule has 0 aliphatic rings. The number of fused-ring (bicyclic) bond motifs is 1. The van der Waals surface area contributed by atoms with Crippen molar-refractivity contribution in [3.63, 3.8) is 0 Å². The molecule has 0 atom stereocenters. The van der Waals surface area contributed by atoms with Crippen LogP contribution in [0.5, 0.6) is 0 Å². The Morgan fingerprint density at radius 3 is 2.05 bits per heavy atom. The van der Waals surface area contributed by atoms with Crippen molar-refractivity contribution in [3.8, 4) is 22.3 Å². The first-order valence-corrected chi connectivity index (χ1v) is 6.86. The van der Waals surface area contributed by atoms with E-state index in [2.05, 4.69) is 34.3 Å². The first-order valence-electron chi connectivity index (χ1n) is 6.86. The number of benzene rings is 2. The summed E-state index contributed by atoms with van der Waals surface area (Å²) in [6, 6.07) is 20.4. The fraction of sp³-hybridized carbons (Fsp3) is 0. The maximum absolute atomic E-state index is 4.59. The Bertz CT molecular complexity index is 880. The average Bonchev–Trinajstić information content (AvgIpc) is 2.99. The summed E-state index contributed by atoms with van der Waals surface area (Å²) < 4.78 is 1.84. The van der Waals surface area contributed by atoms with Crippen LogP contribution in [0.4, 0.5) is 0 Å². The van der Waals surface area contributed by atoms with E-state index in [4.69, 9.17) is 0 Å². The average molecular weight is 271 g/mol. The SMILES string of the molecule is c1ccc(-c2cnc3c(-c4ccccc4)cnn3c2)cc1. The van der Waals surface area contributed by atoms with Crippen LogP contribution in [0.15, 0.2) is 79.3 Å². The molecule has 0 fully saturated rings. The zero-order chi connectivity index (χ0) is 14.1. The maximum atomic E-state index is 4.59. The summed E-state index contributed by atoms with van der Waals surface area (Å²) in [6.07, 6.45) is 5.79. The highest BCUT2D eigenvalue weighted by Gasteiger charge is 2.08. The van der Waals surface area contributed by atoms with E-state index >= 15 is 0 Å². The first kappa shape index (κ1) is 11.9. The van der Waals surface area contributed by atoms with E-state index in [9.17, 15) is 0 Å². The third kappa shape index (κ3) is 2.09. The number of hydrogen-bond donors (Lipinski definition) is 0. The van der Waals surface area contributed by atoms with Crippen LogP contribution in [0.2, 0.25) is 0 Å². The lowest BCUT2D eigenvalue weighted by Gasteiger charge is -2.02. The lowest BCUT2D eigenvalue weighted by Crippen LogP contribution is -1.91. The summed E-state index contributed by atoms with van der Waals surface area (Å²) in [7, 11) is 0. The fourth-order valence-electron chi connectivity index (χ4n) is 2.48. The standard InChI is InChI=1S/C18H13N3/c1-3-7-14(8-4-1)16-11-19-18-17(12-20-21(18)13-16)15-9-5-2-6-10-15/h1-13H. The van der Waals surface area contributed by atoms with Gasteiger partial charge in [0.25, 0.3) is 0 Å². The topological polar surface area (TPSA) is 30.2 Å². The van der Waals surface area contributed by atoms with Crippen LogP contribution in [0.1, 0.15) is 0 Å². The van der Waals surface area contributed by atoms with Crippen molar-refractivity contribution < 1.29 is 0 Å². The second-order valence-corrected chi connectivity index (χ2v) is 4.90. The second-order valence-electron chi connectivity index (χ2n) is 4.90. The molecule has 3 nitrogen and oxygen atoms in total. The molecule has 0 unspecified atom stereocenters. The monoisotopic (exact) mass is 271 g/mol. The molecule has 0 aliphatic heterocycles. The zero-order valence-corrected chi connectivity index (χ0v) is 11.3. The molecule has 0 saturated carbocycles.